The van der Waals surface area contributed by atoms with Crippen LogP contribution in [0.2, 0.25) is 0 Å². The molecule has 0 bridgehead atoms. The molecule has 1 aliphatic carbocycles. The van der Waals surface area contributed by atoms with E-state index >= 15 is 4.39 Å². The van der Waals surface area contributed by atoms with Gasteiger partial charge in [-0.3, -0.25) is 0 Å². The van der Waals surface area contributed by atoms with Crippen molar-refractivity contribution in [1.29, 1.82) is 0 Å². The largest absolute Gasteiger partial charge is 0.488 e. The van der Waals surface area contributed by atoms with Crippen LogP contribution in [0.25, 0.3) is 0 Å². The molecule has 2 aromatic rings. The number of anilines is 1. The molecule has 2 aliphatic rings. The molecule has 41 heavy (non-hydrogen) atoms. The fraction of sp³-hybridized carbons (Fsp3) is 0.556. The van der Waals surface area contributed by atoms with Crippen molar-refractivity contribution in [3.63, 3.8) is 0 Å². The van der Waals surface area contributed by atoms with E-state index in [0.29, 0.717) is 31.9 Å². The number of carbonyl (C=O) groups is 1. The zero-order valence-corrected chi connectivity index (χ0v) is 23.2. The number of carbonyl (C=O) groups excluding carboxylic acids is 1. The molecule has 0 saturated heterocycles. The second-order valence-corrected chi connectivity index (χ2v) is 12.4. The van der Waals surface area contributed by atoms with Crippen LogP contribution in [0, 0.1) is 5.92 Å². The number of alkyl halides is 6. The van der Waals surface area contributed by atoms with Crippen molar-refractivity contribution in [2.75, 3.05) is 18.6 Å². The fourth-order valence-corrected chi connectivity index (χ4v) is 7.08. The number of halogens is 6. The average Bonchev–Trinajstić information content (AvgIpc) is 3.42. The number of sulfone groups is 1. The quantitative estimate of drug-likeness (QED) is 0.255. The van der Waals surface area contributed by atoms with Crippen LogP contribution >= 0.6 is 0 Å². The van der Waals surface area contributed by atoms with Gasteiger partial charge in [-0.2, -0.15) is 13.2 Å². The van der Waals surface area contributed by atoms with Gasteiger partial charge in [0, 0.05) is 42.8 Å². The van der Waals surface area contributed by atoms with Crippen molar-refractivity contribution in [2.24, 2.45) is 5.92 Å². The van der Waals surface area contributed by atoms with Gasteiger partial charge in [0.2, 0.25) is 21.3 Å². The number of rotatable bonds is 8. The molecule has 0 radical (unpaired) electrons. The third kappa shape index (κ3) is 6.73. The standard InChI is InChI=1S/C27H30F6N2O5S/c1-26(29,30)10-9-16-14-35(18-7-3-4-8-18)20-12-19(27(31,32)33)21(13-22(20)41(37,38)24(16)28)40-15-17-6-5-11-34-23(17)25(36)39-2/h5-6,11-13,16,18,24H,3-4,7-10,14-15H2,1-2H3/t16-,24+/m1/s1. The lowest BCUT2D eigenvalue weighted by Crippen LogP contribution is -2.39. The van der Waals surface area contributed by atoms with E-state index in [0.717, 1.165) is 20.0 Å². The third-order valence-corrected chi connectivity index (χ3v) is 9.37. The topological polar surface area (TPSA) is 85.8 Å². The van der Waals surface area contributed by atoms with Crippen molar-refractivity contribution >= 4 is 21.5 Å². The van der Waals surface area contributed by atoms with Gasteiger partial charge < -0.3 is 14.4 Å². The third-order valence-electron chi connectivity index (χ3n) is 7.45. The lowest BCUT2D eigenvalue weighted by molar-refractivity contribution is -0.139. The van der Waals surface area contributed by atoms with Crippen LogP contribution in [0.15, 0.2) is 35.4 Å². The Morgan fingerprint density at radius 3 is 2.44 bits per heavy atom. The monoisotopic (exact) mass is 608 g/mol. The number of hydrogen-bond donors (Lipinski definition) is 0. The van der Waals surface area contributed by atoms with Crippen LogP contribution < -0.4 is 9.64 Å². The minimum Gasteiger partial charge on any atom is -0.488 e. The van der Waals surface area contributed by atoms with Gasteiger partial charge >= 0.3 is 12.1 Å². The average molecular weight is 609 g/mol. The first-order valence-electron chi connectivity index (χ1n) is 13.1. The number of esters is 1. The summed E-state index contributed by atoms with van der Waals surface area (Å²) in [6.45, 7) is -0.300. The highest BCUT2D eigenvalue weighted by molar-refractivity contribution is 7.92. The maximum absolute atomic E-state index is 15.7. The molecule has 1 aliphatic heterocycles. The molecule has 1 aromatic carbocycles. The molecule has 1 saturated carbocycles. The van der Waals surface area contributed by atoms with Gasteiger partial charge in [-0.05, 0) is 38.3 Å². The van der Waals surface area contributed by atoms with Gasteiger partial charge in [-0.25, -0.2) is 31.4 Å². The molecule has 1 aromatic heterocycles. The number of aromatic nitrogens is 1. The van der Waals surface area contributed by atoms with Gasteiger partial charge in [0.1, 0.15) is 12.4 Å². The lowest BCUT2D eigenvalue weighted by Gasteiger charge is -2.34. The first-order valence-corrected chi connectivity index (χ1v) is 14.6. The zero-order chi connectivity index (χ0) is 30.2. The normalized spacial score (nSPS) is 21.3. The van der Waals surface area contributed by atoms with Gasteiger partial charge in [-0.1, -0.05) is 18.9 Å². The predicted molar refractivity (Wildman–Crippen MR) is 136 cm³/mol. The Morgan fingerprint density at radius 1 is 1.15 bits per heavy atom. The first-order chi connectivity index (χ1) is 19.1. The summed E-state index contributed by atoms with van der Waals surface area (Å²) in [5.41, 5.74) is -4.39. The van der Waals surface area contributed by atoms with Crippen LogP contribution in [0.3, 0.4) is 0 Å². The summed E-state index contributed by atoms with van der Waals surface area (Å²) < 4.78 is 123. The summed E-state index contributed by atoms with van der Waals surface area (Å²) in [5.74, 6) is -6.33. The number of fused-ring (bicyclic) bond motifs is 1. The highest BCUT2D eigenvalue weighted by Gasteiger charge is 2.46. The Labute approximate surface area is 233 Å². The molecule has 0 N–H and O–H groups in total. The lowest BCUT2D eigenvalue weighted by atomic mass is 9.99. The van der Waals surface area contributed by atoms with Crippen LogP contribution in [0.1, 0.15) is 67.1 Å². The van der Waals surface area contributed by atoms with E-state index in [-0.39, 0.29) is 29.5 Å². The SMILES string of the molecule is COC(=O)c1ncccc1COc1cc2c(cc1C(F)(F)F)N(C1CCCC1)C[C@@H](CCC(C)(F)F)[C@@H](F)S2(=O)=O. The Bertz CT molecular complexity index is 1370. The van der Waals surface area contributed by atoms with E-state index in [1.165, 1.54) is 23.2 Å². The second-order valence-electron chi connectivity index (χ2n) is 10.5. The van der Waals surface area contributed by atoms with E-state index in [1.807, 2.05) is 0 Å². The van der Waals surface area contributed by atoms with Gasteiger partial charge in [-0.15, -0.1) is 0 Å². The van der Waals surface area contributed by atoms with E-state index in [9.17, 15) is 35.2 Å². The second kappa shape index (κ2) is 11.7. The van der Waals surface area contributed by atoms with Crippen molar-refractivity contribution < 1.29 is 49.0 Å². The summed E-state index contributed by atoms with van der Waals surface area (Å²) in [6.07, 6.45) is -2.45. The van der Waals surface area contributed by atoms with Gasteiger partial charge in [0.15, 0.2) is 5.69 Å². The first kappa shape index (κ1) is 30.9. The summed E-state index contributed by atoms with van der Waals surface area (Å²) >= 11 is 0. The van der Waals surface area contributed by atoms with Crippen molar-refractivity contribution in [2.45, 2.75) is 80.6 Å². The molecule has 2 atom stereocenters. The minimum absolute atomic E-state index is 0.0711. The zero-order valence-electron chi connectivity index (χ0n) is 22.4. The maximum Gasteiger partial charge on any atom is 0.420 e. The molecule has 4 rings (SSSR count). The van der Waals surface area contributed by atoms with Gasteiger partial charge in [0.25, 0.3) is 0 Å². The number of ether oxygens (including phenoxy) is 2. The van der Waals surface area contributed by atoms with E-state index in [2.05, 4.69) is 9.72 Å². The fourth-order valence-electron chi connectivity index (χ4n) is 5.37. The summed E-state index contributed by atoms with van der Waals surface area (Å²) in [5, 5.41) is 0. The molecule has 0 unspecified atom stereocenters. The Kier molecular flexibility index (Phi) is 8.81. The molecule has 226 valence electrons. The molecule has 0 amide bonds. The van der Waals surface area contributed by atoms with E-state index < -0.39 is 75.0 Å². The summed E-state index contributed by atoms with van der Waals surface area (Å²) in [7, 11) is -3.82. The Balaban J connectivity index is 1.82. The number of hydrogen-bond acceptors (Lipinski definition) is 7. The molecule has 1 fully saturated rings. The number of benzene rings is 1. The smallest absolute Gasteiger partial charge is 0.420 e. The molecular formula is C27H30F6N2O5S. The minimum atomic E-state index is -5.00. The van der Waals surface area contributed by atoms with E-state index in [1.54, 1.807) is 0 Å². The van der Waals surface area contributed by atoms with Crippen molar-refractivity contribution in [3.8, 4) is 5.75 Å². The van der Waals surface area contributed by atoms with Crippen LogP contribution in [0.4, 0.5) is 32.0 Å². The Morgan fingerprint density at radius 2 is 1.83 bits per heavy atom. The predicted octanol–water partition coefficient (Wildman–Crippen LogP) is 6.35. The summed E-state index contributed by atoms with van der Waals surface area (Å²) in [6, 6.07) is 3.69. The molecule has 0 spiro atoms. The van der Waals surface area contributed by atoms with Crippen molar-refractivity contribution in [1.82, 2.24) is 4.98 Å². The van der Waals surface area contributed by atoms with Crippen molar-refractivity contribution in [3.05, 3.63) is 47.3 Å². The number of nitrogens with zero attached hydrogens (tertiary/aromatic N) is 2. The van der Waals surface area contributed by atoms with Crippen LogP contribution in [-0.4, -0.2) is 50.5 Å². The highest BCUT2D eigenvalue weighted by atomic mass is 32.2. The van der Waals surface area contributed by atoms with E-state index in [4.69, 9.17) is 4.74 Å². The molecule has 7 nitrogen and oxygen atoms in total. The Hall–Kier alpha value is -3.03. The number of methoxy groups -OCH3 is 1. The number of pyridine rings is 1. The van der Waals surface area contributed by atoms with Crippen LogP contribution in [0.5, 0.6) is 5.75 Å². The van der Waals surface area contributed by atoms with Gasteiger partial charge in [0.05, 0.1) is 23.3 Å². The summed E-state index contributed by atoms with van der Waals surface area (Å²) in [4.78, 5) is 16.6. The molecule has 14 heteroatoms. The molecular weight excluding hydrogens is 578 g/mol. The van der Waals surface area contributed by atoms with Crippen LogP contribution in [-0.2, 0) is 27.4 Å². The highest BCUT2D eigenvalue weighted by Crippen LogP contribution is 2.47. The molecule has 2 heterocycles. The maximum atomic E-state index is 15.7.